The molecule has 2 N–H and O–H groups in total. The van der Waals surface area contributed by atoms with Gasteiger partial charge in [0, 0.05) is 23.9 Å². The van der Waals surface area contributed by atoms with Crippen LogP contribution in [0.1, 0.15) is 19.4 Å². The van der Waals surface area contributed by atoms with Crippen molar-refractivity contribution in [3.05, 3.63) is 29.8 Å². The number of aliphatic hydroxyl groups is 1. The highest BCUT2D eigenvalue weighted by Gasteiger charge is 2.04. The van der Waals surface area contributed by atoms with E-state index in [-0.39, 0.29) is 12.6 Å². The Hall–Kier alpha value is -1.06. The molecule has 15 heavy (non-hydrogen) atoms. The van der Waals surface area contributed by atoms with E-state index in [2.05, 4.69) is 12.2 Å². The minimum absolute atomic E-state index is 0.0600. The van der Waals surface area contributed by atoms with Crippen LogP contribution in [0.2, 0.25) is 0 Å². The molecule has 0 radical (unpaired) electrons. The first-order valence-electron chi connectivity index (χ1n) is 5.31. The number of nitrogens with one attached hydrogen (secondary N) is 1. The molecule has 0 bridgehead atoms. The molecule has 1 unspecified atom stereocenters. The number of aliphatic hydroxyl groups excluding tert-OH is 1. The topological polar surface area (TPSA) is 41.5 Å². The van der Waals surface area contributed by atoms with Crippen molar-refractivity contribution < 1.29 is 9.84 Å². The molecular formula is C12H19NO2. The van der Waals surface area contributed by atoms with Crippen LogP contribution in [0.15, 0.2) is 24.3 Å². The molecular weight excluding hydrogens is 190 g/mol. The van der Waals surface area contributed by atoms with Crippen molar-refractivity contribution in [2.24, 2.45) is 0 Å². The number of ether oxygens (including phenoxy) is 1. The fourth-order valence-corrected chi connectivity index (χ4v) is 1.40. The van der Waals surface area contributed by atoms with E-state index < -0.39 is 0 Å². The van der Waals surface area contributed by atoms with Crippen molar-refractivity contribution in [1.29, 1.82) is 0 Å². The van der Waals surface area contributed by atoms with Gasteiger partial charge in [-0.05, 0) is 19.9 Å². The molecule has 0 saturated heterocycles. The van der Waals surface area contributed by atoms with Crippen LogP contribution in [0, 0.1) is 0 Å². The van der Waals surface area contributed by atoms with Gasteiger partial charge >= 0.3 is 0 Å². The fourth-order valence-electron chi connectivity index (χ4n) is 1.40. The van der Waals surface area contributed by atoms with Gasteiger partial charge < -0.3 is 15.2 Å². The van der Waals surface area contributed by atoms with Gasteiger partial charge in [0.25, 0.3) is 0 Å². The lowest BCUT2D eigenvalue weighted by atomic mass is 10.1. The zero-order valence-electron chi connectivity index (χ0n) is 9.36. The predicted octanol–water partition coefficient (Wildman–Crippen LogP) is 2.02. The first kappa shape index (κ1) is 12.0. The van der Waals surface area contributed by atoms with E-state index in [1.54, 1.807) is 0 Å². The van der Waals surface area contributed by atoms with Gasteiger partial charge in [0.2, 0.25) is 0 Å². The Morgan fingerprint density at radius 3 is 2.80 bits per heavy atom. The number of para-hydroxylation sites is 1. The van der Waals surface area contributed by atoms with Gasteiger partial charge in [-0.15, -0.1) is 0 Å². The molecule has 1 aromatic carbocycles. The van der Waals surface area contributed by atoms with Gasteiger partial charge in [0.15, 0.2) is 0 Å². The SMILES string of the molecule is CCOCC(C)Nc1ccccc1CO. The van der Waals surface area contributed by atoms with E-state index in [4.69, 9.17) is 9.84 Å². The van der Waals surface area contributed by atoms with E-state index in [1.165, 1.54) is 0 Å². The third-order valence-electron chi connectivity index (χ3n) is 2.16. The molecule has 1 rings (SSSR count). The van der Waals surface area contributed by atoms with Gasteiger partial charge in [0.1, 0.15) is 0 Å². The molecule has 0 spiro atoms. The van der Waals surface area contributed by atoms with E-state index in [0.717, 1.165) is 17.9 Å². The molecule has 0 amide bonds. The summed E-state index contributed by atoms with van der Waals surface area (Å²) < 4.78 is 5.32. The Morgan fingerprint density at radius 2 is 2.13 bits per heavy atom. The van der Waals surface area contributed by atoms with Crippen molar-refractivity contribution in [3.63, 3.8) is 0 Å². The number of anilines is 1. The Morgan fingerprint density at radius 1 is 1.40 bits per heavy atom. The lowest BCUT2D eigenvalue weighted by molar-refractivity contribution is 0.141. The maximum Gasteiger partial charge on any atom is 0.0701 e. The van der Waals surface area contributed by atoms with Crippen molar-refractivity contribution in [2.75, 3.05) is 18.5 Å². The largest absolute Gasteiger partial charge is 0.392 e. The number of benzene rings is 1. The summed E-state index contributed by atoms with van der Waals surface area (Å²) in [5.74, 6) is 0. The molecule has 0 aliphatic carbocycles. The van der Waals surface area contributed by atoms with Gasteiger partial charge in [-0.2, -0.15) is 0 Å². The number of hydrogen-bond acceptors (Lipinski definition) is 3. The van der Waals surface area contributed by atoms with Gasteiger partial charge in [-0.25, -0.2) is 0 Å². The molecule has 0 saturated carbocycles. The summed E-state index contributed by atoms with van der Waals surface area (Å²) in [5, 5.41) is 12.4. The highest BCUT2D eigenvalue weighted by Crippen LogP contribution is 2.15. The van der Waals surface area contributed by atoms with Crippen LogP contribution < -0.4 is 5.32 Å². The third kappa shape index (κ3) is 3.90. The summed E-state index contributed by atoms with van der Waals surface area (Å²) >= 11 is 0. The Kier molecular flexibility index (Phi) is 5.15. The maximum atomic E-state index is 9.14. The molecule has 1 aromatic rings. The van der Waals surface area contributed by atoms with Crippen molar-refractivity contribution in [2.45, 2.75) is 26.5 Å². The quantitative estimate of drug-likeness (QED) is 0.753. The molecule has 3 heteroatoms. The van der Waals surface area contributed by atoms with Gasteiger partial charge in [0.05, 0.1) is 13.2 Å². The summed E-state index contributed by atoms with van der Waals surface area (Å²) in [6, 6.07) is 8.00. The first-order chi connectivity index (χ1) is 7.27. The maximum absolute atomic E-state index is 9.14. The summed E-state index contributed by atoms with van der Waals surface area (Å²) in [5.41, 5.74) is 1.90. The number of rotatable bonds is 6. The van der Waals surface area contributed by atoms with Crippen LogP contribution in [0.25, 0.3) is 0 Å². The summed E-state index contributed by atoms with van der Waals surface area (Å²) in [4.78, 5) is 0. The Balaban J connectivity index is 2.55. The minimum atomic E-state index is 0.0600. The zero-order valence-corrected chi connectivity index (χ0v) is 9.36. The molecule has 0 aromatic heterocycles. The lowest BCUT2D eigenvalue weighted by Crippen LogP contribution is -2.22. The highest BCUT2D eigenvalue weighted by atomic mass is 16.5. The summed E-state index contributed by atoms with van der Waals surface area (Å²) in [6.45, 7) is 5.51. The van der Waals surface area contributed by atoms with E-state index in [0.29, 0.717) is 6.61 Å². The average molecular weight is 209 g/mol. The fraction of sp³-hybridized carbons (Fsp3) is 0.500. The molecule has 3 nitrogen and oxygen atoms in total. The van der Waals surface area contributed by atoms with Crippen LogP contribution in [0.3, 0.4) is 0 Å². The average Bonchev–Trinajstić information content (AvgIpc) is 2.27. The van der Waals surface area contributed by atoms with E-state index in [1.807, 2.05) is 31.2 Å². The van der Waals surface area contributed by atoms with Crippen molar-refractivity contribution in [1.82, 2.24) is 0 Å². The second-order valence-corrected chi connectivity index (χ2v) is 3.52. The third-order valence-corrected chi connectivity index (χ3v) is 2.16. The molecule has 0 aliphatic heterocycles. The molecule has 0 fully saturated rings. The summed E-state index contributed by atoms with van der Waals surface area (Å²) in [6.07, 6.45) is 0. The second kappa shape index (κ2) is 6.43. The molecule has 84 valence electrons. The van der Waals surface area contributed by atoms with Crippen molar-refractivity contribution >= 4 is 5.69 Å². The highest BCUT2D eigenvalue weighted by molar-refractivity contribution is 5.51. The molecule has 0 aliphatic rings. The Bertz CT molecular complexity index is 289. The van der Waals surface area contributed by atoms with Crippen LogP contribution >= 0.6 is 0 Å². The van der Waals surface area contributed by atoms with Crippen LogP contribution in [0.4, 0.5) is 5.69 Å². The number of hydrogen-bond donors (Lipinski definition) is 2. The molecule has 1 atom stereocenters. The van der Waals surface area contributed by atoms with E-state index in [9.17, 15) is 0 Å². The smallest absolute Gasteiger partial charge is 0.0701 e. The standard InChI is InChI=1S/C12H19NO2/c1-3-15-9-10(2)13-12-7-5-4-6-11(12)8-14/h4-7,10,13-14H,3,8-9H2,1-2H3. The zero-order chi connectivity index (χ0) is 11.1. The van der Waals surface area contributed by atoms with Crippen LogP contribution in [0.5, 0.6) is 0 Å². The van der Waals surface area contributed by atoms with Crippen LogP contribution in [-0.2, 0) is 11.3 Å². The summed E-state index contributed by atoms with van der Waals surface area (Å²) in [7, 11) is 0. The van der Waals surface area contributed by atoms with E-state index >= 15 is 0 Å². The first-order valence-corrected chi connectivity index (χ1v) is 5.31. The second-order valence-electron chi connectivity index (χ2n) is 3.52. The lowest BCUT2D eigenvalue weighted by Gasteiger charge is -2.17. The van der Waals surface area contributed by atoms with Gasteiger partial charge in [-0.1, -0.05) is 18.2 Å². The normalized spacial score (nSPS) is 12.5. The predicted molar refractivity (Wildman–Crippen MR) is 61.9 cm³/mol. The monoisotopic (exact) mass is 209 g/mol. The van der Waals surface area contributed by atoms with Crippen molar-refractivity contribution in [3.8, 4) is 0 Å². The van der Waals surface area contributed by atoms with Gasteiger partial charge in [-0.3, -0.25) is 0 Å². The Labute approximate surface area is 91.1 Å². The minimum Gasteiger partial charge on any atom is -0.392 e. The molecule has 0 heterocycles. The van der Waals surface area contributed by atoms with Crippen LogP contribution in [-0.4, -0.2) is 24.4 Å².